The van der Waals surface area contributed by atoms with Gasteiger partial charge >= 0.3 is 11.9 Å². The van der Waals surface area contributed by atoms with Crippen LogP contribution in [-0.2, 0) is 19.1 Å². The van der Waals surface area contributed by atoms with Crippen LogP contribution in [0.3, 0.4) is 0 Å². The lowest BCUT2D eigenvalue weighted by molar-refractivity contribution is -0.186. The van der Waals surface area contributed by atoms with Crippen molar-refractivity contribution in [2.24, 2.45) is 0 Å². The Morgan fingerprint density at radius 1 is 1.00 bits per heavy atom. The van der Waals surface area contributed by atoms with E-state index < -0.39 is 18.0 Å². The molecule has 1 aliphatic carbocycles. The van der Waals surface area contributed by atoms with E-state index in [4.69, 9.17) is 9.47 Å². The maximum absolute atomic E-state index is 11.1. The second-order valence-corrected chi connectivity index (χ2v) is 4.85. The van der Waals surface area contributed by atoms with Gasteiger partial charge in [0.1, 0.15) is 6.61 Å². The third-order valence-electron chi connectivity index (χ3n) is 3.73. The monoisotopic (exact) mass is 240 g/mol. The zero-order valence-electron chi connectivity index (χ0n) is 9.48. The van der Waals surface area contributed by atoms with Gasteiger partial charge in [0.25, 0.3) is 0 Å². The molecule has 0 aromatic rings. The van der Waals surface area contributed by atoms with Crippen molar-refractivity contribution in [1.82, 2.24) is 10.6 Å². The van der Waals surface area contributed by atoms with Crippen molar-refractivity contribution in [3.05, 3.63) is 0 Å². The summed E-state index contributed by atoms with van der Waals surface area (Å²) in [6.07, 6.45) is 4.26. The number of fused-ring (bicyclic) bond motifs is 1. The van der Waals surface area contributed by atoms with Crippen LogP contribution in [0.5, 0.6) is 0 Å². The topological polar surface area (TPSA) is 76.7 Å². The highest BCUT2D eigenvalue weighted by Crippen LogP contribution is 2.24. The number of esters is 2. The summed E-state index contributed by atoms with van der Waals surface area (Å²) in [4.78, 5) is 22.0. The van der Waals surface area contributed by atoms with E-state index in [-0.39, 0.29) is 12.8 Å². The van der Waals surface area contributed by atoms with Crippen LogP contribution in [0.25, 0.3) is 0 Å². The molecule has 0 aromatic heterocycles. The Kier molecular flexibility index (Phi) is 2.76. The third-order valence-corrected chi connectivity index (χ3v) is 3.73. The Balaban J connectivity index is 1.62. The van der Waals surface area contributed by atoms with E-state index in [2.05, 4.69) is 10.6 Å². The van der Waals surface area contributed by atoms with Crippen LogP contribution < -0.4 is 10.6 Å². The Hall–Kier alpha value is -1.14. The quantitative estimate of drug-likeness (QED) is 0.465. The molecule has 0 amide bonds. The molecule has 0 radical (unpaired) electrons. The smallest absolute Gasteiger partial charge is 0.417 e. The molecule has 94 valence electrons. The summed E-state index contributed by atoms with van der Waals surface area (Å²) in [5.41, 5.74) is 0. The molecular formula is C11H16N2O4. The molecular weight excluding hydrogens is 224 g/mol. The van der Waals surface area contributed by atoms with Crippen molar-refractivity contribution in [2.45, 2.75) is 50.0 Å². The maximum atomic E-state index is 11.1. The first-order valence-electron chi connectivity index (χ1n) is 6.14. The van der Waals surface area contributed by atoms with Gasteiger partial charge in [-0.05, 0) is 12.8 Å². The molecule has 3 atom stereocenters. The molecule has 0 bridgehead atoms. The van der Waals surface area contributed by atoms with Gasteiger partial charge in [-0.25, -0.2) is 9.59 Å². The molecule has 6 nitrogen and oxygen atoms in total. The number of ether oxygens (including phenoxy) is 2. The number of carbonyl (C=O) groups is 2. The minimum absolute atomic E-state index is 0.0971. The minimum Gasteiger partial charge on any atom is -0.453 e. The van der Waals surface area contributed by atoms with Crippen LogP contribution >= 0.6 is 0 Å². The van der Waals surface area contributed by atoms with Crippen LogP contribution in [0, 0.1) is 0 Å². The highest BCUT2D eigenvalue weighted by Gasteiger charge is 2.42. The predicted octanol–water partition coefficient (Wildman–Crippen LogP) is -0.715. The Labute approximate surface area is 99.0 Å². The number of nitrogens with one attached hydrogen (secondary N) is 2. The number of hydrogen-bond donors (Lipinski definition) is 2. The van der Waals surface area contributed by atoms with Gasteiger partial charge in [0.15, 0.2) is 6.10 Å². The second kappa shape index (κ2) is 4.27. The first-order chi connectivity index (χ1) is 8.24. The molecule has 3 fully saturated rings. The van der Waals surface area contributed by atoms with Gasteiger partial charge in [-0.1, -0.05) is 12.8 Å². The highest BCUT2D eigenvalue weighted by atomic mass is 16.6. The summed E-state index contributed by atoms with van der Waals surface area (Å²) in [6, 6.07) is 0.898. The van der Waals surface area contributed by atoms with Crippen molar-refractivity contribution in [2.75, 3.05) is 6.61 Å². The van der Waals surface area contributed by atoms with Crippen molar-refractivity contribution in [3.8, 4) is 0 Å². The van der Waals surface area contributed by atoms with E-state index in [1.165, 1.54) is 12.8 Å². The molecule has 2 saturated heterocycles. The van der Waals surface area contributed by atoms with E-state index in [0.29, 0.717) is 12.1 Å². The Bertz CT molecular complexity index is 332. The Morgan fingerprint density at radius 2 is 1.65 bits per heavy atom. The molecule has 3 rings (SSSR count). The number of cyclic esters (lactones) is 2. The zero-order chi connectivity index (χ0) is 11.8. The van der Waals surface area contributed by atoms with Gasteiger partial charge in [0.2, 0.25) is 0 Å². The molecule has 17 heavy (non-hydrogen) atoms. The van der Waals surface area contributed by atoms with Gasteiger partial charge in [0, 0.05) is 12.1 Å². The van der Waals surface area contributed by atoms with Crippen molar-refractivity contribution >= 4 is 11.9 Å². The summed E-state index contributed by atoms with van der Waals surface area (Å²) >= 11 is 0. The van der Waals surface area contributed by atoms with Gasteiger partial charge in [-0.15, -0.1) is 0 Å². The van der Waals surface area contributed by atoms with E-state index in [0.717, 1.165) is 12.8 Å². The Morgan fingerprint density at radius 3 is 2.24 bits per heavy atom. The van der Waals surface area contributed by atoms with Crippen LogP contribution in [0.2, 0.25) is 0 Å². The average molecular weight is 240 g/mol. The van der Waals surface area contributed by atoms with Crippen molar-refractivity contribution in [3.63, 3.8) is 0 Å². The van der Waals surface area contributed by atoms with E-state index in [1.807, 2.05) is 0 Å². The standard InChI is InChI=1S/C11H16N2O4/c14-10-11(15)17-8(5-16-10)9-12-6-3-1-2-4-7(6)13-9/h6-9,12-13H,1-5H2/t6-,7-,8?/m1/s1. The number of carbonyl (C=O) groups excluding carboxylic acids is 2. The lowest BCUT2D eigenvalue weighted by Crippen LogP contribution is -2.52. The lowest BCUT2D eigenvalue weighted by atomic mass is 9.92. The largest absolute Gasteiger partial charge is 0.453 e. The van der Waals surface area contributed by atoms with Gasteiger partial charge in [0.05, 0.1) is 6.17 Å². The van der Waals surface area contributed by atoms with Gasteiger partial charge in [-0.2, -0.15) is 0 Å². The molecule has 3 aliphatic rings. The van der Waals surface area contributed by atoms with E-state index >= 15 is 0 Å². The molecule has 0 aromatic carbocycles. The molecule has 6 heteroatoms. The van der Waals surface area contributed by atoms with Crippen molar-refractivity contribution < 1.29 is 19.1 Å². The second-order valence-electron chi connectivity index (χ2n) is 4.85. The summed E-state index contributed by atoms with van der Waals surface area (Å²) in [7, 11) is 0. The third kappa shape index (κ3) is 2.02. The van der Waals surface area contributed by atoms with Crippen LogP contribution in [0.15, 0.2) is 0 Å². The van der Waals surface area contributed by atoms with E-state index in [9.17, 15) is 9.59 Å². The predicted molar refractivity (Wildman–Crippen MR) is 56.9 cm³/mol. The number of rotatable bonds is 1. The lowest BCUT2D eigenvalue weighted by Gasteiger charge is -2.27. The van der Waals surface area contributed by atoms with Crippen LogP contribution in [-0.4, -0.2) is 42.9 Å². The molecule has 2 N–H and O–H groups in total. The minimum atomic E-state index is -0.892. The zero-order valence-corrected chi connectivity index (χ0v) is 9.48. The fourth-order valence-corrected chi connectivity index (χ4v) is 2.85. The van der Waals surface area contributed by atoms with Crippen LogP contribution in [0.4, 0.5) is 0 Å². The molecule has 2 heterocycles. The maximum Gasteiger partial charge on any atom is 0.417 e. The summed E-state index contributed by atoms with van der Waals surface area (Å²) in [5.74, 6) is -1.78. The number of hydrogen-bond acceptors (Lipinski definition) is 6. The summed E-state index contributed by atoms with van der Waals surface area (Å²) in [5, 5.41) is 6.84. The fourth-order valence-electron chi connectivity index (χ4n) is 2.85. The molecule has 2 aliphatic heterocycles. The van der Waals surface area contributed by atoms with Crippen molar-refractivity contribution in [1.29, 1.82) is 0 Å². The average Bonchev–Trinajstić information content (AvgIpc) is 2.76. The SMILES string of the molecule is O=C1OCC(C2N[C@@H]3CCCC[C@H]3N2)OC1=O. The van der Waals surface area contributed by atoms with E-state index in [1.54, 1.807) is 0 Å². The summed E-state index contributed by atoms with van der Waals surface area (Å²) < 4.78 is 9.83. The van der Waals surface area contributed by atoms with Gasteiger partial charge in [-0.3, -0.25) is 10.6 Å². The van der Waals surface area contributed by atoms with Crippen LogP contribution in [0.1, 0.15) is 25.7 Å². The molecule has 1 saturated carbocycles. The van der Waals surface area contributed by atoms with Gasteiger partial charge < -0.3 is 9.47 Å². The summed E-state index contributed by atoms with van der Waals surface area (Å²) in [6.45, 7) is 0.134. The fraction of sp³-hybridized carbons (Fsp3) is 0.818. The first kappa shape index (κ1) is 11.0. The molecule has 1 unspecified atom stereocenters. The normalized spacial score (nSPS) is 38.5. The highest BCUT2D eigenvalue weighted by molar-refractivity contribution is 6.30. The first-order valence-corrected chi connectivity index (χ1v) is 6.14. The molecule has 0 spiro atoms.